The maximum atomic E-state index is 12.7. The molecular formula is C24H26N4OS. The average molecular weight is 419 g/mol. The molecule has 0 radical (unpaired) electrons. The lowest BCUT2D eigenvalue weighted by atomic mass is 9.84. The number of pyridine rings is 1. The van der Waals surface area contributed by atoms with E-state index in [1.165, 1.54) is 49.4 Å². The summed E-state index contributed by atoms with van der Waals surface area (Å²) in [6.45, 7) is 4.42. The van der Waals surface area contributed by atoms with E-state index in [0.29, 0.717) is 23.4 Å². The van der Waals surface area contributed by atoms with E-state index in [-0.39, 0.29) is 5.78 Å². The van der Waals surface area contributed by atoms with Gasteiger partial charge in [0.1, 0.15) is 0 Å². The summed E-state index contributed by atoms with van der Waals surface area (Å²) >= 11 is 1.41. The van der Waals surface area contributed by atoms with E-state index in [1.807, 2.05) is 34.9 Å². The number of allylic oxidation sites excluding steroid dienone is 1. The Balaban J connectivity index is 1.43. The molecule has 1 fully saturated rings. The third kappa shape index (κ3) is 4.70. The van der Waals surface area contributed by atoms with Crippen LogP contribution in [0.15, 0.2) is 66.6 Å². The molecule has 0 aliphatic heterocycles. The molecule has 30 heavy (non-hydrogen) atoms. The lowest BCUT2D eigenvalue weighted by Crippen LogP contribution is -2.07. The number of rotatable bonds is 8. The van der Waals surface area contributed by atoms with Gasteiger partial charge in [-0.2, -0.15) is 0 Å². The van der Waals surface area contributed by atoms with Crippen LogP contribution in [0.5, 0.6) is 0 Å². The van der Waals surface area contributed by atoms with Gasteiger partial charge in [0, 0.05) is 30.1 Å². The number of benzene rings is 1. The minimum Gasteiger partial charge on any atom is -0.298 e. The molecule has 0 atom stereocenters. The Kier molecular flexibility index (Phi) is 6.74. The van der Waals surface area contributed by atoms with Crippen molar-refractivity contribution in [1.29, 1.82) is 0 Å². The van der Waals surface area contributed by atoms with E-state index >= 15 is 0 Å². The summed E-state index contributed by atoms with van der Waals surface area (Å²) in [6.07, 6.45) is 11.8. The van der Waals surface area contributed by atoms with Crippen LogP contribution >= 0.6 is 11.8 Å². The van der Waals surface area contributed by atoms with E-state index in [1.54, 1.807) is 12.4 Å². The molecule has 0 spiro atoms. The zero-order valence-corrected chi connectivity index (χ0v) is 17.9. The minimum absolute atomic E-state index is 0.105. The van der Waals surface area contributed by atoms with Gasteiger partial charge in [-0.05, 0) is 36.5 Å². The fourth-order valence-electron chi connectivity index (χ4n) is 3.99. The number of hydrogen-bond acceptors (Lipinski definition) is 5. The lowest BCUT2D eigenvalue weighted by molar-refractivity contribution is 0.102. The monoisotopic (exact) mass is 418 g/mol. The van der Waals surface area contributed by atoms with Crippen molar-refractivity contribution in [1.82, 2.24) is 19.7 Å². The number of hydrogen-bond donors (Lipinski definition) is 0. The summed E-state index contributed by atoms with van der Waals surface area (Å²) < 4.78 is 1.98. The quantitative estimate of drug-likeness (QED) is 0.273. The second kappa shape index (κ2) is 9.85. The van der Waals surface area contributed by atoms with Crippen molar-refractivity contribution in [2.24, 2.45) is 0 Å². The summed E-state index contributed by atoms with van der Waals surface area (Å²) in [4.78, 5) is 16.8. The summed E-state index contributed by atoms with van der Waals surface area (Å²) in [6, 6.07) is 12.0. The highest BCUT2D eigenvalue weighted by Crippen LogP contribution is 2.32. The molecule has 1 aromatic carbocycles. The van der Waals surface area contributed by atoms with Crippen LogP contribution in [0.2, 0.25) is 0 Å². The summed E-state index contributed by atoms with van der Waals surface area (Å²) in [5.74, 6) is 1.84. The van der Waals surface area contributed by atoms with Crippen molar-refractivity contribution in [2.75, 3.05) is 5.75 Å². The molecule has 0 bridgehead atoms. The molecule has 3 aromatic rings. The standard InChI is InChI=1S/C24H26N4OS/c1-2-16-28-23(21-12-14-25-15-13-21)26-27-24(28)30-17-22(29)20-10-8-19(9-11-20)18-6-4-3-5-7-18/h2,8-15,18H,1,3-7,16-17H2. The van der Waals surface area contributed by atoms with Gasteiger partial charge in [0.15, 0.2) is 16.8 Å². The predicted molar refractivity (Wildman–Crippen MR) is 121 cm³/mol. The van der Waals surface area contributed by atoms with E-state index in [0.717, 1.165) is 17.0 Å². The minimum atomic E-state index is 0.105. The van der Waals surface area contributed by atoms with Gasteiger partial charge in [0.25, 0.3) is 0 Å². The molecule has 6 heteroatoms. The number of carbonyl (C=O) groups excluding carboxylic acids is 1. The first-order valence-electron chi connectivity index (χ1n) is 10.5. The molecule has 2 heterocycles. The highest BCUT2D eigenvalue weighted by atomic mass is 32.2. The topological polar surface area (TPSA) is 60.7 Å². The molecular weight excluding hydrogens is 392 g/mol. The largest absolute Gasteiger partial charge is 0.298 e. The van der Waals surface area contributed by atoms with Gasteiger partial charge >= 0.3 is 0 Å². The molecule has 0 N–H and O–H groups in total. The maximum absolute atomic E-state index is 12.7. The van der Waals surface area contributed by atoms with Gasteiger partial charge in [-0.15, -0.1) is 16.8 Å². The third-order valence-corrected chi connectivity index (χ3v) is 6.58. The first-order chi connectivity index (χ1) is 14.8. The molecule has 0 unspecified atom stereocenters. The Morgan fingerprint density at radius 2 is 1.80 bits per heavy atom. The Hall–Kier alpha value is -2.73. The zero-order chi connectivity index (χ0) is 20.8. The second-order valence-electron chi connectivity index (χ2n) is 7.61. The third-order valence-electron chi connectivity index (χ3n) is 5.61. The molecule has 0 amide bonds. The number of nitrogens with zero attached hydrogens (tertiary/aromatic N) is 4. The summed E-state index contributed by atoms with van der Waals surface area (Å²) in [7, 11) is 0. The van der Waals surface area contributed by atoms with Crippen LogP contribution < -0.4 is 0 Å². The van der Waals surface area contributed by atoms with Crippen LogP contribution in [0.25, 0.3) is 11.4 Å². The highest BCUT2D eigenvalue weighted by Gasteiger charge is 2.17. The Morgan fingerprint density at radius 1 is 1.07 bits per heavy atom. The Labute approximate surface area is 181 Å². The van der Waals surface area contributed by atoms with Crippen LogP contribution in [0.3, 0.4) is 0 Å². The summed E-state index contributed by atoms with van der Waals surface area (Å²) in [5.41, 5.74) is 3.06. The fraction of sp³-hybridized carbons (Fsp3) is 0.333. The molecule has 4 rings (SSSR count). The predicted octanol–water partition coefficient (Wildman–Crippen LogP) is 5.55. The van der Waals surface area contributed by atoms with E-state index in [9.17, 15) is 4.79 Å². The van der Waals surface area contributed by atoms with Crippen molar-refractivity contribution in [3.05, 3.63) is 72.6 Å². The van der Waals surface area contributed by atoms with Crippen LogP contribution in [0.4, 0.5) is 0 Å². The van der Waals surface area contributed by atoms with Crippen LogP contribution in [0, 0.1) is 0 Å². The van der Waals surface area contributed by atoms with Gasteiger partial charge in [-0.25, -0.2) is 0 Å². The number of Topliss-reactive ketones (excluding diaryl/α,β-unsaturated/α-hetero) is 1. The zero-order valence-electron chi connectivity index (χ0n) is 17.0. The van der Waals surface area contributed by atoms with Crippen LogP contribution in [0.1, 0.15) is 53.9 Å². The lowest BCUT2D eigenvalue weighted by Gasteiger charge is -2.22. The molecule has 1 aliphatic carbocycles. The van der Waals surface area contributed by atoms with Crippen molar-refractivity contribution in [2.45, 2.75) is 49.7 Å². The van der Waals surface area contributed by atoms with Gasteiger partial charge in [-0.1, -0.05) is 61.4 Å². The van der Waals surface area contributed by atoms with Gasteiger partial charge in [0.2, 0.25) is 0 Å². The van der Waals surface area contributed by atoms with E-state index in [4.69, 9.17) is 0 Å². The second-order valence-corrected chi connectivity index (χ2v) is 8.55. The van der Waals surface area contributed by atoms with Crippen molar-refractivity contribution in [3.63, 3.8) is 0 Å². The first-order valence-corrected chi connectivity index (χ1v) is 11.5. The number of thioether (sulfide) groups is 1. The molecule has 0 saturated heterocycles. The highest BCUT2D eigenvalue weighted by molar-refractivity contribution is 7.99. The first kappa shape index (κ1) is 20.5. The van der Waals surface area contributed by atoms with Gasteiger partial charge in [-0.3, -0.25) is 14.3 Å². The Bertz CT molecular complexity index is 992. The number of aromatic nitrogens is 4. The molecule has 5 nitrogen and oxygen atoms in total. The van der Waals surface area contributed by atoms with Crippen molar-refractivity contribution in [3.8, 4) is 11.4 Å². The average Bonchev–Trinajstić information content (AvgIpc) is 3.21. The van der Waals surface area contributed by atoms with Crippen molar-refractivity contribution < 1.29 is 4.79 Å². The number of ketones is 1. The fourth-order valence-corrected chi connectivity index (χ4v) is 4.84. The van der Waals surface area contributed by atoms with Crippen molar-refractivity contribution >= 4 is 17.5 Å². The normalized spacial score (nSPS) is 14.5. The van der Waals surface area contributed by atoms with E-state index < -0.39 is 0 Å². The maximum Gasteiger partial charge on any atom is 0.192 e. The molecule has 1 aliphatic rings. The molecule has 1 saturated carbocycles. The van der Waals surface area contributed by atoms with Crippen LogP contribution in [-0.2, 0) is 6.54 Å². The smallest absolute Gasteiger partial charge is 0.192 e. The van der Waals surface area contributed by atoms with E-state index in [2.05, 4.69) is 33.9 Å². The number of carbonyl (C=O) groups is 1. The van der Waals surface area contributed by atoms with Crippen LogP contribution in [-0.4, -0.2) is 31.3 Å². The SMILES string of the molecule is C=CCn1c(SCC(=O)c2ccc(C3CCCCC3)cc2)nnc1-c1ccncc1. The van der Waals surface area contributed by atoms with Gasteiger partial charge < -0.3 is 0 Å². The molecule has 154 valence electrons. The Morgan fingerprint density at radius 3 is 2.50 bits per heavy atom. The summed E-state index contributed by atoms with van der Waals surface area (Å²) in [5, 5.41) is 9.35. The van der Waals surface area contributed by atoms with Gasteiger partial charge in [0.05, 0.1) is 5.75 Å². The molecule has 2 aromatic heterocycles.